The molecule has 1 aliphatic carbocycles. The van der Waals surface area contributed by atoms with Crippen molar-refractivity contribution in [3.05, 3.63) is 52.2 Å². The van der Waals surface area contributed by atoms with Crippen molar-refractivity contribution in [1.29, 1.82) is 0 Å². The van der Waals surface area contributed by atoms with Gasteiger partial charge in [-0.2, -0.15) is 0 Å². The molecule has 1 saturated carbocycles. The molecule has 1 aromatic carbocycles. The number of nitrogens with zero attached hydrogens (tertiary/aromatic N) is 1. The van der Waals surface area contributed by atoms with Crippen LogP contribution in [0.5, 0.6) is 0 Å². The zero-order valence-corrected chi connectivity index (χ0v) is 8.61. The number of aromatic nitrogens is 2. The highest BCUT2D eigenvalue weighted by molar-refractivity contribution is 5.32. The Bertz CT molecular complexity index is 581. The lowest BCUT2D eigenvalue weighted by Crippen LogP contribution is -2.13. The van der Waals surface area contributed by atoms with Crippen LogP contribution in [-0.2, 0) is 0 Å². The molecule has 0 radical (unpaired) electrons. The summed E-state index contributed by atoms with van der Waals surface area (Å²) in [5, 5.41) is 3.02. The van der Waals surface area contributed by atoms with E-state index in [4.69, 9.17) is 0 Å². The molecule has 1 aliphatic rings. The summed E-state index contributed by atoms with van der Waals surface area (Å²) < 4.78 is 14.4. The highest BCUT2D eigenvalue weighted by Gasteiger charge is 2.26. The van der Waals surface area contributed by atoms with Crippen LogP contribution in [0.25, 0.3) is 5.69 Å². The van der Waals surface area contributed by atoms with Crippen molar-refractivity contribution in [1.82, 2.24) is 9.78 Å². The first-order chi connectivity index (χ1) is 7.74. The quantitative estimate of drug-likeness (QED) is 0.824. The summed E-state index contributed by atoms with van der Waals surface area (Å²) in [5.41, 5.74) is 1.36. The maximum Gasteiger partial charge on any atom is 0.271 e. The lowest BCUT2D eigenvalue weighted by Gasteiger charge is -2.01. The predicted octanol–water partition coefficient (Wildman–Crippen LogP) is 2.18. The molecule has 0 saturated heterocycles. The van der Waals surface area contributed by atoms with Crippen molar-refractivity contribution in [3.63, 3.8) is 0 Å². The zero-order valence-electron chi connectivity index (χ0n) is 8.61. The third-order valence-corrected chi connectivity index (χ3v) is 2.82. The van der Waals surface area contributed by atoms with Crippen molar-refractivity contribution in [2.75, 3.05) is 0 Å². The number of halogens is 1. The van der Waals surface area contributed by atoms with Gasteiger partial charge in [-0.05, 0) is 31.0 Å². The van der Waals surface area contributed by atoms with Gasteiger partial charge in [0.25, 0.3) is 5.56 Å². The molecule has 82 valence electrons. The van der Waals surface area contributed by atoms with Crippen LogP contribution >= 0.6 is 0 Å². The third-order valence-electron chi connectivity index (χ3n) is 2.82. The maximum absolute atomic E-state index is 13.0. The van der Waals surface area contributed by atoms with E-state index in [9.17, 15) is 9.18 Å². The summed E-state index contributed by atoms with van der Waals surface area (Å²) in [4.78, 5) is 11.7. The van der Waals surface area contributed by atoms with Gasteiger partial charge in [0.05, 0.1) is 5.69 Å². The Kier molecular flexibility index (Phi) is 1.96. The van der Waals surface area contributed by atoms with E-state index in [2.05, 4.69) is 5.10 Å². The van der Waals surface area contributed by atoms with Gasteiger partial charge in [0.1, 0.15) is 5.82 Å². The van der Waals surface area contributed by atoms with E-state index in [-0.39, 0.29) is 11.4 Å². The second-order valence-electron chi connectivity index (χ2n) is 4.14. The molecular weight excluding hydrogens is 207 g/mol. The number of hydrogen-bond acceptors (Lipinski definition) is 1. The number of aromatic amines is 1. The smallest absolute Gasteiger partial charge is 0.271 e. The molecule has 0 bridgehead atoms. The molecule has 3 rings (SSSR count). The van der Waals surface area contributed by atoms with Crippen molar-refractivity contribution in [2.24, 2.45) is 0 Å². The molecule has 0 unspecified atom stereocenters. The maximum atomic E-state index is 13.0. The van der Waals surface area contributed by atoms with Crippen LogP contribution in [0, 0.1) is 5.82 Å². The average Bonchev–Trinajstić information content (AvgIpc) is 3.02. The van der Waals surface area contributed by atoms with Crippen molar-refractivity contribution >= 4 is 0 Å². The fourth-order valence-electron chi connectivity index (χ4n) is 1.82. The van der Waals surface area contributed by atoms with E-state index in [1.807, 2.05) is 0 Å². The largest absolute Gasteiger partial charge is 0.295 e. The van der Waals surface area contributed by atoms with Gasteiger partial charge in [-0.1, -0.05) is 6.07 Å². The molecule has 1 heterocycles. The molecule has 0 amide bonds. The number of nitrogens with one attached hydrogen (secondary N) is 1. The predicted molar refractivity (Wildman–Crippen MR) is 58.3 cm³/mol. The first kappa shape index (κ1) is 9.39. The summed E-state index contributed by atoms with van der Waals surface area (Å²) >= 11 is 0. The van der Waals surface area contributed by atoms with Crippen molar-refractivity contribution in [2.45, 2.75) is 18.8 Å². The number of rotatable bonds is 2. The molecule has 2 aromatic rings. The first-order valence-corrected chi connectivity index (χ1v) is 5.32. The second kappa shape index (κ2) is 3.33. The van der Waals surface area contributed by atoms with Gasteiger partial charge in [0, 0.05) is 17.7 Å². The SMILES string of the molecule is O=c1cc(C2CC2)[nH]n1-c1cccc(F)c1. The topological polar surface area (TPSA) is 37.8 Å². The van der Waals surface area contributed by atoms with E-state index < -0.39 is 0 Å². The Morgan fingerprint density at radius 2 is 2.12 bits per heavy atom. The highest BCUT2D eigenvalue weighted by Crippen LogP contribution is 2.38. The van der Waals surface area contributed by atoms with Crippen LogP contribution in [0.3, 0.4) is 0 Å². The molecular formula is C12H11FN2O. The molecule has 1 aromatic heterocycles. The molecule has 1 fully saturated rings. The van der Waals surface area contributed by atoms with Crippen LogP contribution < -0.4 is 5.56 Å². The summed E-state index contributed by atoms with van der Waals surface area (Å²) in [6.45, 7) is 0. The molecule has 16 heavy (non-hydrogen) atoms. The zero-order chi connectivity index (χ0) is 11.1. The van der Waals surface area contributed by atoms with E-state index >= 15 is 0 Å². The van der Waals surface area contributed by atoms with Crippen LogP contribution in [0.4, 0.5) is 4.39 Å². The molecule has 3 nitrogen and oxygen atoms in total. The molecule has 1 N–H and O–H groups in total. The Balaban J connectivity index is 2.08. The summed E-state index contributed by atoms with van der Waals surface area (Å²) in [6, 6.07) is 7.60. The summed E-state index contributed by atoms with van der Waals surface area (Å²) in [7, 11) is 0. The van der Waals surface area contributed by atoms with Gasteiger partial charge in [-0.15, -0.1) is 0 Å². The molecule has 0 atom stereocenters. The van der Waals surface area contributed by atoms with Gasteiger partial charge < -0.3 is 0 Å². The Morgan fingerprint density at radius 1 is 1.31 bits per heavy atom. The lowest BCUT2D eigenvalue weighted by molar-refractivity contribution is 0.625. The molecule has 0 aliphatic heterocycles. The average molecular weight is 218 g/mol. The highest BCUT2D eigenvalue weighted by atomic mass is 19.1. The molecule has 0 spiro atoms. The van der Waals surface area contributed by atoms with Gasteiger partial charge in [0.15, 0.2) is 0 Å². The lowest BCUT2D eigenvalue weighted by atomic mass is 10.3. The van der Waals surface area contributed by atoms with Gasteiger partial charge >= 0.3 is 0 Å². The summed E-state index contributed by atoms with van der Waals surface area (Å²) in [5.74, 6) is 0.148. The minimum atomic E-state index is -0.341. The van der Waals surface area contributed by atoms with Gasteiger partial charge in [-0.3, -0.25) is 9.89 Å². The number of benzene rings is 1. The molecule has 4 heteroatoms. The van der Waals surface area contributed by atoms with Crippen molar-refractivity contribution < 1.29 is 4.39 Å². The summed E-state index contributed by atoms with van der Waals surface area (Å²) in [6.07, 6.45) is 2.26. The second-order valence-corrected chi connectivity index (χ2v) is 4.14. The Labute approximate surface area is 91.5 Å². The minimum Gasteiger partial charge on any atom is -0.295 e. The monoisotopic (exact) mass is 218 g/mol. The first-order valence-electron chi connectivity index (χ1n) is 5.32. The Hall–Kier alpha value is -1.84. The van der Waals surface area contributed by atoms with Crippen LogP contribution in [0.1, 0.15) is 24.5 Å². The number of hydrogen-bond donors (Lipinski definition) is 1. The van der Waals surface area contributed by atoms with Crippen molar-refractivity contribution in [3.8, 4) is 5.69 Å². The number of H-pyrrole nitrogens is 1. The van der Waals surface area contributed by atoms with E-state index in [0.29, 0.717) is 11.6 Å². The van der Waals surface area contributed by atoms with Crippen LogP contribution in [0.2, 0.25) is 0 Å². The van der Waals surface area contributed by atoms with E-state index in [0.717, 1.165) is 18.5 Å². The normalized spacial score (nSPS) is 15.3. The third kappa shape index (κ3) is 1.56. The van der Waals surface area contributed by atoms with Gasteiger partial charge in [-0.25, -0.2) is 9.07 Å². The fourth-order valence-corrected chi connectivity index (χ4v) is 1.82. The fraction of sp³-hybridized carbons (Fsp3) is 0.250. The minimum absolute atomic E-state index is 0.132. The Morgan fingerprint density at radius 3 is 2.81 bits per heavy atom. The van der Waals surface area contributed by atoms with Crippen LogP contribution in [0.15, 0.2) is 35.1 Å². The standard InChI is InChI=1S/C12H11FN2O/c13-9-2-1-3-10(6-9)15-12(16)7-11(14-15)8-4-5-8/h1-3,6-8,14H,4-5H2. The van der Waals surface area contributed by atoms with Crippen LogP contribution in [-0.4, -0.2) is 9.78 Å². The van der Waals surface area contributed by atoms with Gasteiger partial charge in [0.2, 0.25) is 0 Å². The van der Waals surface area contributed by atoms with E-state index in [1.54, 1.807) is 18.2 Å². The van der Waals surface area contributed by atoms with E-state index in [1.165, 1.54) is 16.8 Å².